The molecule has 0 aliphatic heterocycles. The molecule has 5 heterocycles. The number of nitrogens with one attached hydrogen (secondary N) is 2. The number of rotatable bonds is 7. The molecule has 0 saturated carbocycles. The zero-order chi connectivity index (χ0) is 25.4. The van der Waals surface area contributed by atoms with E-state index < -0.39 is 0 Å². The van der Waals surface area contributed by atoms with Gasteiger partial charge in [-0.3, -0.25) is 15.1 Å². The van der Waals surface area contributed by atoms with Crippen LogP contribution in [-0.2, 0) is 0 Å². The first-order valence-corrected chi connectivity index (χ1v) is 11.7. The van der Waals surface area contributed by atoms with Gasteiger partial charge in [0.15, 0.2) is 11.5 Å². The molecule has 9 nitrogen and oxygen atoms in total. The van der Waals surface area contributed by atoms with Crippen LogP contribution in [0.4, 0.5) is 4.39 Å². The summed E-state index contributed by atoms with van der Waals surface area (Å²) in [7, 11) is 4.00. The molecule has 0 saturated heterocycles. The number of aromatic nitrogens is 7. The van der Waals surface area contributed by atoms with Crippen LogP contribution in [0.25, 0.3) is 56.0 Å². The van der Waals surface area contributed by atoms with Crippen LogP contribution in [0.1, 0.15) is 0 Å². The number of ether oxygens (including phenoxy) is 1. The van der Waals surface area contributed by atoms with E-state index in [0.29, 0.717) is 46.3 Å². The summed E-state index contributed by atoms with van der Waals surface area (Å²) in [4.78, 5) is 23.4. The second-order valence-corrected chi connectivity index (χ2v) is 8.87. The van der Waals surface area contributed by atoms with Gasteiger partial charge in [-0.15, -0.1) is 0 Å². The first-order chi connectivity index (χ1) is 18.1. The summed E-state index contributed by atoms with van der Waals surface area (Å²) in [5, 5.41) is 8.23. The van der Waals surface area contributed by atoms with Gasteiger partial charge in [0.25, 0.3) is 0 Å². The van der Waals surface area contributed by atoms with E-state index in [4.69, 9.17) is 9.72 Å². The van der Waals surface area contributed by atoms with E-state index in [0.717, 1.165) is 28.6 Å². The van der Waals surface area contributed by atoms with E-state index in [-0.39, 0.29) is 5.82 Å². The van der Waals surface area contributed by atoms with Gasteiger partial charge in [-0.1, -0.05) is 12.1 Å². The number of pyridine rings is 3. The number of benzene rings is 1. The molecule has 0 atom stereocenters. The molecular weight excluding hydrogens is 471 g/mol. The zero-order valence-electron chi connectivity index (χ0n) is 20.2. The molecule has 0 aliphatic carbocycles. The highest BCUT2D eigenvalue weighted by Crippen LogP contribution is 2.32. The Morgan fingerprint density at radius 1 is 0.973 bits per heavy atom. The largest absolute Gasteiger partial charge is 0.491 e. The summed E-state index contributed by atoms with van der Waals surface area (Å²) in [6.07, 6.45) is 6.87. The molecule has 2 N–H and O–H groups in total. The topological polar surface area (TPSA) is 108 Å². The van der Waals surface area contributed by atoms with Gasteiger partial charge >= 0.3 is 0 Å². The molecule has 184 valence electrons. The summed E-state index contributed by atoms with van der Waals surface area (Å²) in [6.45, 7) is 1.37. The van der Waals surface area contributed by atoms with Crippen LogP contribution in [0.15, 0.2) is 67.3 Å². The molecule has 1 aromatic carbocycles. The smallest absolute Gasteiger partial charge is 0.159 e. The summed E-state index contributed by atoms with van der Waals surface area (Å²) >= 11 is 0. The molecule has 10 heteroatoms. The van der Waals surface area contributed by atoms with Crippen molar-refractivity contribution in [3.63, 3.8) is 0 Å². The molecule has 0 bridgehead atoms. The molecule has 0 amide bonds. The lowest BCUT2D eigenvalue weighted by Gasteiger charge is -2.11. The van der Waals surface area contributed by atoms with Crippen LogP contribution < -0.4 is 4.74 Å². The van der Waals surface area contributed by atoms with Gasteiger partial charge in [-0.25, -0.2) is 14.4 Å². The maximum absolute atomic E-state index is 14.5. The van der Waals surface area contributed by atoms with Crippen LogP contribution in [0, 0.1) is 5.82 Å². The minimum absolute atomic E-state index is 0.354. The number of fused-ring (bicyclic) bond motifs is 2. The predicted octanol–water partition coefficient (Wildman–Crippen LogP) is 4.70. The van der Waals surface area contributed by atoms with Crippen LogP contribution in [0.5, 0.6) is 5.75 Å². The first-order valence-electron chi connectivity index (χ1n) is 11.7. The fraction of sp³-hybridized carbons (Fsp3) is 0.148. The summed E-state index contributed by atoms with van der Waals surface area (Å²) in [6, 6.07) is 12.3. The second-order valence-electron chi connectivity index (χ2n) is 8.87. The zero-order valence-corrected chi connectivity index (χ0v) is 20.2. The van der Waals surface area contributed by atoms with Crippen molar-refractivity contribution in [3.8, 4) is 39.7 Å². The van der Waals surface area contributed by atoms with Crippen molar-refractivity contribution in [3.05, 3.63) is 73.1 Å². The van der Waals surface area contributed by atoms with Crippen molar-refractivity contribution in [2.24, 2.45) is 0 Å². The highest BCUT2D eigenvalue weighted by molar-refractivity contribution is 5.96. The first kappa shape index (κ1) is 22.7. The highest BCUT2D eigenvalue weighted by atomic mass is 19.1. The molecule has 37 heavy (non-hydrogen) atoms. The Labute approximate surface area is 211 Å². The second kappa shape index (κ2) is 9.40. The quantitative estimate of drug-likeness (QED) is 0.331. The number of H-pyrrole nitrogens is 2. The number of hydrogen-bond acceptors (Lipinski definition) is 7. The summed E-state index contributed by atoms with van der Waals surface area (Å²) in [5.74, 6) is 0.870. The number of halogens is 1. The number of likely N-dealkylation sites (N-methyl/N-ethyl adjacent to an activating group) is 1. The number of nitrogens with zero attached hydrogens (tertiary/aromatic N) is 6. The van der Waals surface area contributed by atoms with Gasteiger partial charge in [0.1, 0.15) is 35.1 Å². The van der Waals surface area contributed by atoms with E-state index in [1.165, 1.54) is 6.07 Å². The van der Waals surface area contributed by atoms with Gasteiger partial charge in [-0.05, 0) is 44.4 Å². The Morgan fingerprint density at radius 3 is 2.70 bits per heavy atom. The van der Waals surface area contributed by atoms with Crippen LogP contribution in [0.3, 0.4) is 0 Å². The maximum Gasteiger partial charge on any atom is 0.159 e. The summed E-state index contributed by atoms with van der Waals surface area (Å²) < 4.78 is 20.4. The Kier molecular flexibility index (Phi) is 5.78. The molecule has 6 aromatic rings. The van der Waals surface area contributed by atoms with Gasteiger partial charge < -0.3 is 14.6 Å². The van der Waals surface area contributed by atoms with E-state index in [2.05, 4.69) is 35.0 Å². The van der Waals surface area contributed by atoms with Gasteiger partial charge in [0.05, 0.1) is 17.1 Å². The van der Waals surface area contributed by atoms with Gasteiger partial charge in [0.2, 0.25) is 0 Å². The molecule has 5 aromatic heterocycles. The van der Waals surface area contributed by atoms with Crippen molar-refractivity contribution >= 4 is 22.1 Å². The van der Waals surface area contributed by atoms with E-state index >= 15 is 0 Å². The van der Waals surface area contributed by atoms with Crippen LogP contribution >= 0.6 is 0 Å². The molecule has 0 fully saturated rings. The van der Waals surface area contributed by atoms with E-state index in [9.17, 15) is 4.39 Å². The minimum Gasteiger partial charge on any atom is -0.491 e. The predicted molar refractivity (Wildman–Crippen MR) is 139 cm³/mol. The van der Waals surface area contributed by atoms with Gasteiger partial charge in [-0.2, -0.15) is 5.10 Å². The fourth-order valence-corrected chi connectivity index (χ4v) is 4.14. The van der Waals surface area contributed by atoms with Gasteiger partial charge in [0, 0.05) is 41.8 Å². The third-order valence-electron chi connectivity index (χ3n) is 6.02. The Bertz CT molecular complexity index is 1720. The molecule has 0 spiro atoms. The lowest BCUT2D eigenvalue weighted by Crippen LogP contribution is -2.19. The maximum atomic E-state index is 14.5. The summed E-state index contributed by atoms with van der Waals surface area (Å²) in [5.41, 5.74) is 5.12. The van der Waals surface area contributed by atoms with Crippen molar-refractivity contribution < 1.29 is 9.13 Å². The number of aromatic amines is 2. The standard InChI is InChI=1S/C27H23FN8O/c1-36(2)9-10-37-18-11-16(13-29-15-18)17-12-20-24(34-35-26(20)31-14-17)27-32-22-7-8-30-23(25(22)33-27)19-5-3-4-6-21(19)28/h3-8,11-15H,9-10H2,1-2H3,(H,32,33)(H,31,34,35). The Hall–Kier alpha value is -4.70. The van der Waals surface area contributed by atoms with Crippen molar-refractivity contribution in [1.82, 2.24) is 40.0 Å². The van der Waals surface area contributed by atoms with Crippen molar-refractivity contribution in [2.45, 2.75) is 0 Å². The number of imidazole rings is 1. The molecule has 6 rings (SSSR count). The monoisotopic (exact) mass is 494 g/mol. The highest BCUT2D eigenvalue weighted by Gasteiger charge is 2.18. The van der Waals surface area contributed by atoms with E-state index in [1.54, 1.807) is 43.0 Å². The third kappa shape index (κ3) is 4.38. The molecule has 0 radical (unpaired) electrons. The van der Waals surface area contributed by atoms with Crippen molar-refractivity contribution in [2.75, 3.05) is 27.2 Å². The normalized spacial score (nSPS) is 11.6. The average molecular weight is 495 g/mol. The Balaban J connectivity index is 1.39. The SMILES string of the molecule is CN(C)CCOc1cncc(-c2cnc3[nH]nc(-c4nc5c(-c6ccccc6F)nccc5[nH]4)c3c2)c1. The van der Waals surface area contributed by atoms with Crippen LogP contribution in [0.2, 0.25) is 0 Å². The third-order valence-corrected chi connectivity index (χ3v) is 6.02. The average Bonchev–Trinajstić information content (AvgIpc) is 3.52. The number of hydrogen-bond donors (Lipinski definition) is 2. The Morgan fingerprint density at radius 2 is 1.84 bits per heavy atom. The minimum atomic E-state index is -0.354. The lowest BCUT2D eigenvalue weighted by molar-refractivity contribution is 0.261. The molecular formula is C27H23FN8O. The van der Waals surface area contributed by atoms with Crippen molar-refractivity contribution in [1.29, 1.82) is 0 Å². The fourth-order valence-electron chi connectivity index (χ4n) is 4.14. The molecule has 0 aliphatic rings. The lowest BCUT2D eigenvalue weighted by atomic mass is 10.1. The van der Waals surface area contributed by atoms with Crippen LogP contribution in [-0.4, -0.2) is 67.3 Å². The van der Waals surface area contributed by atoms with E-state index in [1.807, 2.05) is 32.3 Å². The molecule has 0 unspecified atom stereocenters.